The van der Waals surface area contributed by atoms with Crippen molar-refractivity contribution in [3.05, 3.63) is 172 Å². The van der Waals surface area contributed by atoms with Crippen LogP contribution >= 0.6 is 22.7 Å². The summed E-state index contributed by atoms with van der Waals surface area (Å²) in [5.41, 5.74) is 17.1. The van der Waals surface area contributed by atoms with E-state index in [0.717, 1.165) is 77.5 Å². The molecule has 0 spiro atoms. The van der Waals surface area contributed by atoms with Crippen LogP contribution in [0.5, 0.6) is 0 Å². The van der Waals surface area contributed by atoms with Crippen LogP contribution in [0.2, 0.25) is 0 Å². The predicted octanol–water partition coefficient (Wildman–Crippen LogP) is 20.7. The van der Waals surface area contributed by atoms with Gasteiger partial charge in [0.2, 0.25) is 0 Å². The number of aromatic nitrogens is 3. The van der Waals surface area contributed by atoms with Crippen LogP contribution < -0.4 is 0 Å². The Labute approximate surface area is 494 Å². The van der Waals surface area contributed by atoms with Crippen LogP contribution in [-0.2, 0) is 43.2 Å². The largest absolute Gasteiger partial charge is 0.512 e. The summed E-state index contributed by atoms with van der Waals surface area (Å²) in [6.45, 7) is 35.1. The van der Waals surface area contributed by atoms with E-state index < -0.39 is 0 Å². The van der Waals surface area contributed by atoms with Crippen LogP contribution in [0.25, 0.3) is 75.2 Å². The number of aliphatic hydroxyl groups is 1. The molecular formula is C71H83IrN3O2S2-2. The van der Waals surface area contributed by atoms with E-state index >= 15 is 0 Å². The van der Waals surface area contributed by atoms with E-state index in [-0.39, 0.29) is 54.3 Å². The maximum atomic E-state index is 11.7. The van der Waals surface area contributed by atoms with Gasteiger partial charge >= 0.3 is 0 Å². The van der Waals surface area contributed by atoms with E-state index in [9.17, 15) is 9.90 Å². The zero-order valence-corrected chi connectivity index (χ0v) is 53.8. The molecule has 4 heterocycles. The normalized spacial score (nSPS) is 12.2. The molecule has 0 bridgehead atoms. The van der Waals surface area contributed by atoms with E-state index in [2.05, 4.69) is 203 Å². The molecule has 5 aromatic carbocycles. The third-order valence-corrected chi connectivity index (χ3v) is 17.2. The van der Waals surface area contributed by atoms with Crippen molar-refractivity contribution in [1.82, 2.24) is 15.0 Å². The third kappa shape index (κ3) is 16.1. The Morgan fingerprint density at radius 1 is 0.620 bits per heavy atom. The van der Waals surface area contributed by atoms with Crippen molar-refractivity contribution in [3.8, 4) is 44.8 Å². The molecule has 417 valence electrons. The Bertz CT molecular complexity index is 3500. The van der Waals surface area contributed by atoms with Crippen molar-refractivity contribution >= 4 is 58.8 Å². The second kappa shape index (κ2) is 26.8. The van der Waals surface area contributed by atoms with Gasteiger partial charge in [-0.15, -0.1) is 86.7 Å². The standard InChI is InChI=1S/C30H30N.C28H29N2S2.C13H24O2.Ir/c1-21-16-22(2)18-28(17-21)29-19-27(14-15-31-29)26-12-10-25(11-13-26)24-8-6-23(7-9-24)20-30(3,4)5;1-16-21(14-27(2,3)4)31-26-23-25(32-24(16)26)22(29-15-30-23)18-12-17-10-8-9-11-19(17)20(13-18)28(5,6)7;1-5-10(6-2)12(14)9-13(15)11(7-3)8-4;/h6-17,19H,20H2,1-5H3;8-11,13,15H,14H2,1-7H3;9-11,14H,5-8H2,1-4H3;/q2*-1;;/b;;12-9-;. The van der Waals surface area contributed by atoms with Crippen molar-refractivity contribution in [1.29, 1.82) is 0 Å². The minimum atomic E-state index is 0. The predicted molar refractivity (Wildman–Crippen MR) is 337 cm³/mol. The number of rotatable bonds is 13. The molecule has 1 radical (unpaired) electrons. The summed E-state index contributed by atoms with van der Waals surface area (Å²) in [4.78, 5) is 27.3. The maximum absolute atomic E-state index is 11.7. The first kappa shape index (κ1) is 62.6. The average Bonchev–Trinajstić information content (AvgIpc) is 4.18. The van der Waals surface area contributed by atoms with Gasteiger partial charge in [-0.1, -0.05) is 188 Å². The average molecular weight is 1270 g/mol. The van der Waals surface area contributed by atoms with Crippen LogP contribution in [0, 0.1) is 55.6 Å². The van der Waals surface area contributed by atoms with Crippen LogP contribution in [-0.4, -0.2) is 25.8 Å². The van der Waals surface area contributed by atoms with Crippen LogP contribution in [0.1, 0.15) is 148 Å². The molecule has 0 aliphatic carbocycles. The summed E-state index contributed by atoms with van der Waals surface area (Å²) in [5, 5.41) is 12.2. The van der Waals surface area contributed by atoms with E-state index in [1.165, 1.54) is 74.9 Å². The first-order valence-electron chi connectivity index (χ1n) is 28.1. The number of carbonyl (C=O) groups excluding carboxylic acids is 1. The molecule has 8 heteroatoms. The Morgan fingerprint density at radius 2 is 1.22 bits per heavy atom. The number of pyridine rings is 1. The summed E-state index contributed by atoms with van der Waals surface area (Å²) in [5.74, 6) is 0.547. The Hall–Kier alpha value is -5.63. The zero-order valence-electron chi connectivity index (χ0n) is 49.8. The number of hydrogen-bond acceptors (Lipinski definition) is 7. The molecule has 0 unspecified atom stereocenters. The van der Waals surface area contributed by atoms with Gasteiger partial charge in [0.15, 0.2) is 5.78 Å². The Kier molecular flexibility index (Phi) is 21.2. The number of fused-ring (bicyclic) bond motifs is 4. The molecule has 79 heavy (non-hydrogen) atoms. The van der Waals surface area contributed by atoms with Gasteiger partial charge < -0.3 is 10.1 Å². The summed E-state index contributed by atoms with van der Waals surface area (Å²) >= 11 is 3.75. The molecule has 0 amide bonds. The molecule has 9 aromatic rings. The molecule has 0 aliphatic rings. The molecule has 4 aromatic heterocycles. The number of ketones is 1. The number of nitrogens with zero attached hydrogens (tertiary/aromatic N) is 3. The Balaban J connectivity index is 0.000000203. The van der Waals surface area contributed by atoms with Crippen molar-refractivity contribution in [2.24, 2.45) is 22.7 Å². The molecular weight excluding hydrogens is 1180 g/mol. The topological polar surface area (TPSA) is 76.0 Å². The molecule has 5 nitrogen and oxygen atoms in total. The zero-order chi connectivity index (χ0) is 56.7. The second-order valence-corrected chi connectivity index (χ2v) is 26.8. The summed E-state index contributed by atoms with van der Waals surface area (Å²) in [6.07, 6.45) is 10.7. The van der Waals surface area contributed by atoms with Gasteiger partial charge in [-0.05, 0) is 107 Å². The summed E-state index contributed by atoms with van der Waals surface area (Å²) < 4.78 is 3.84. The van der Waals surface area contributed by atoms with Crippen molar-refractivity contribution in [2.45, 2.75) is 155 Å². The van der Waals surface area contributed by atoms with E-state index in [1.807, 2.05) is 56.6 Å². The molecule has 0 saturated heterocycles. The van der Waals surface area contributed by atoms with Gasteiger partial charge in [-0.2, -0.15) is 0 Å². The van der Waals surface area contributed by atoms with Crippen molar-refractivity contribution in [3.63, 3.8) is 0 Å². The Morgan fingerprint density at radius 3 is 1.80 bits per heavy atom. The smallest absolute Gasteiger partial charge is 0.162 e. The molecule has 0 aliphatic heterocycles. The SMILES string of the molecule is CCC(CC)C(=O)/C=C(\O)C(CC)CC.Cc1[c-]c(-c2cc(-c3ccc(-c4ccc(CC(C)(C)C)cc4)cc3)ccn2)cc(C)c1.Cc1c(CC(C)(C)C)sc2c1sc1c(-c3[c-]c4ccccc4c(C(C)(C)C)c3)ncnc12.[Ir]. The van der Waals surface area contributed by atoms with Crippen LogP contribution in [0.4, 0.5) is 0 Å². The van der Waals surface area contributed by atoms with E-state index in [0.29, 0.717) is 5.41 Å². The number of allylic oxidation sites excluding steroid dienone is 2. The number of benzene rings is 5. The fraction of sp³-hybridized carbons (Fsp3) is 0.380. The molecule has 0 atom stereocenters. The molecule has 0 saturated carbocycles. The molecule has 0 fully saturated rings. The maximum Gasteiger partial charge on any atom is 0.162 e. The van der Waals surface area contributed by atoms with Gasteiger partial charge in [0, 0.05) is 59.5 Å². The van der Waals surface area contributed by atoms with Crippen LogP contribution in [0.15, 0.2) is 127 Å². The molecule has 1 N–H and O–H groups in total. The number of aryl methyl sites for hydroxylation is 3. The van der Waals surface area contributed by atoms with Crippen molar-refractivity contribution in [2.75, 3.05) is 0 Å². The quantitative estimate of drug-likeness (QED) is 0.0707. The first-order valence-corrected chi connectivity index (χ1v) is 29.8. The van der Waals surface area contributed by atoms with E-state index in [4.69, 9.17) is 9.97 Å². The van der Waals surface area contributed by atoms with Gasteiger partial charge in [-0.3, -0.25) is 9.78 Å². The van der Waals surface area contributed by atoms with Gasteiger partial charge in [-0.25, -0.2) is 4.98 Å². The van der Waals surface area contributed by atoms with Gasteiger partial charge in [0.1, 0.15) is 6.33 Å². The summed E-state index contributed by atoms with van der Waals surface area (Å²) in [7, 11) is 0. The number of aliphatic hydroxyl groups excluding tert-OH is 1. The van der Waals surface area contributed by atoms with E-state index in [1.54, 1.807) is 6.33 Å². The molecule has 9 rings (SSSR count). The number of carbonyl (C=O) groups is 1. The monoisotopic (exact) mass is 1270 g/mol. The van der Waals surface area contributed by atoms with Crippen molar-refractivity contribution < 1.29 is 30.0 Å². The summed E-state index contributed by atoms with van der Waals surface area (Å²) in [6, 6.07) is 44.2. The fourth-order valence-electron chi connectivity index (χ4n) is 10.2. The van der Waals surface area contributed by atoms with Crippen LogP contribution in [0.3, 0.4) is 0 Å². The first-order chi connectivity index (χ1) is 36.9. The number of hydrogen-bond donors (Lipinski definition) is 1. The minimum Gasteiger partial charge on any atom is -0.512 e. The number of thiophene rings is 2. The fourth-order valence-corrected chi connectivity index (χ4v) is 13.3. The minimum absolute atomic E-state index is 0. The third-order valence-electron chi connectivity index (χ3n) is 14.4. The second-order valence-electron chi connectivity index (χ2n) is 24.6. The van der Waals surface area contributed by atoms with Gasteiger partial charge in [0.05, 0.1) is 20.7 Å². The van der Waals surface area contributed by atoms with Gasteiger partial charge in [0.25, 0.3) is 0 Å².